The van der Waals surface area contributed by atoms with Crippen molar-refractivity contribution in [1.82, 2.24) is 0 Å². The third-order valence-corrected chi connectivity index (χ3v) is 9.70. The zero-order chi connectivity index (χ0) is 16.9. The molecule has 0 aromatic rings. The van der Waals surface area contributed by atoms with Crippen molar-refractivity contribution in [2.75, 3.05) is 5.88 Å². The van der Waals surface area contributed by atoms with Gasteiger partial charge >= 0.3 is 0 Å². The maximum absolute atomic E-state index is 11.9. The van der Waals surface area contributed by atoms with E-state index in [1.54, 1.807) is 0 Å². The van der Waals surface area contributed by atoms with Gasteiger partial charge in [0.15, 0.2) is 5.78 Å². The number of halogens is 1. The minimum atomic E-state index is -0.666. The lowest BCUT2D eigenvalue weighted by Crippen LogP contribution is -2.58. The summed E-state index contributed by atoms with van der Waals surface area (Å²) in [5, 5.41) is 11.3. The molecule has 3 heteroatoms. The van der Waals surface area contributed by atoms with Gasteiger partial charge in [-0.3, -0.25) is 4.79 Å². The van der Waals surface area contributed by atoms with Crippen molar-refractivity contribution in [3.8, 4) is 0 Å². The van der Waals surface area contributed by atoms with Crippen molar-refractivity contribution in [3.63, 3.8) is 0 Å². The molecule has 0 aromatic carbocycles. The molecule has 4 fully saturated rings. The zero-order valence-electron chi connectivity index (χ0n) is 14.9. The van der Waals surface area contributed by atoms with Crippen LogP contribution in [0.25, 0.3) is 0 Å². The quantitative estimate of drug-likeness (QED) is 0.715. The minimum Gasteiger partial charge on any atom is -0.388 e. The Kier molecular flexibility index (Phi) is 3.10. The molecule has 0 unspecified atom stereocenters. The van der Waals surface area contributed by atoms with Crippen molar-refractivity contribution in [2.24, 2.45) is 40.4 Å². The molecule has 5 rings (SSSR count). The van der Waals surface area contributed by atoms with E-state index in [2.05, 4.69) is 13.8 Å². The molecule has 132 valence electrons. The third kappa shape index (κ3) is 1.62. The summed E-state index contributed by atoms with van der Waals surface area (Å²) in [7, 11) is 0. The van der Waals surface area contributed by atoms with Crippen molar-refractivity contribution < 1.29 is 9.90 Å². The Bertz CT molecular complexity index is 642. The minimum absolute atomic E-state index is 0.00640. The molecule has 1 N–H and O–H groups in total. The first kappa shape index (κ1) is 15.9. The number of allylic oxidation sites excluding steroid dienone is 1. The van der Waals surface area contributed by atoms with E-state index in [4.69, 9.17) is 11.6 Å². The van der Waals surface area contributed by atoms with Gasteiger partial charge in [0, 0.05) is 11.8 Å². The lowest BCUT2D eigenvalue weighted by Gasteiger charge is -2.59. The van der Waals surface area contributed by atoms with E-state index in [1.807, 2.05) is 6.08 Å². The lowest BCUT2D eigenvalue weighted by molar-refractivity contribution is -0.143. The SMILES string of the molecule is C[C@@H]1CC2=CC(=O)CC[C@@H]2[C@H]2CC[C@]3(C)[C@@](O)(CCl)C[C@H]4C[C@]43[C@@H]21. The summed E-state index contributed by atoms with van der Waals surface area (Å²) < 4.78 is 0. The molecule has 8 atom stereocenters. The van der Waals surface area contributed by atoms with Crippen LogP contribution in [0.4, 0.5) is 0 Å². The summed E-state index contributed by atoms with van der Waals surface area (Å²) in [4.78, 5) is 11.9. The molecule has 2 nitrogen and oxygen atoms in total. The van der Waals surface area contributed by atoms with Crippen LogP contribution in [0.15, 0.2) is 11.6 Å². The van der Waals surface area contributed by atoms with Crippen LogP contribution in [0.3, 0.4) is 0 Å². The Morgan fingerprint density at radius 1 is 1.33 bits per heavy atom. The fourth-order valence-corrected chi connectivity index (χ4v) is 8.66. The Balaban J connectivity index is 1.57. The fourth-order valence-electron chi connectivity index (χ4n) is 8.25. The highest BCUT2D eigenvalue weighted by atomic mass is 35.5. The fraction of sp³-hybridized carbons (Fsp3) is 0.857. The number of hydrogen-bond donors (Lipinski definition) is 1. The van der Waals surface area contributed by atoms with E-state index in [0.717, 1.165) is 38.0 Å². The highest BCUT2D eigenvalue weighted by molar-refractivity contribution is 6.18. The van der Waals surface area contributed by atoms with Crippen LogP contribution < -0.4 is 0 Å². The monoisotopic (exact) mass is 348 g/mol. The van der Waals surface area contributed by atoms with E-state index in [-0.39, 0.29) is 5.41 Å². The summed E-state index contributed by atoms with van der Waals surface area (Å²) in [5.74, 6) is 4.11. The van der Waals surface area contributed by atoms with Crippen molar-refractivity contribution in [2.45, 2.75) is 64.4 Å². The summed E-state index contributed by atoms with van der Waals surface area (Å²) in [5.41, 5.74) is 1.10. The summed E-state index contributed by atoms with van der Waals surface area (Å²) in [6, 6.07) is 0. The van der Waals surface area contributed by atoms with Gasteiger partial charge < -0.3 is 5.11 Å². The normalized spacial score (nSPS) is 58.2. The van der Waals surface area contributed by atoms with Gasteiger partial charge in [-0.2, -0.15) is 0 Å². The highest BCUT2D eigenvalue weighted by Crippen LogP contribution is 2.84. The number of ketones is 1. The molecule has 0 radical (unpaired) electrons. The smallest absolute Gasteiger partial charge is 0.155 e. The second kappa shape index (κ2) is 4.68. The van der Waals surface area contributed by atoms with E-state index >= 15 is 0 Å². The Morgan fingerprint density at radius 2 is 2.12 bits per heavy atom. The number of alkyl halides is 1. The number of rotatable bonds is 1. The molecule has 24 heavy (non-hydrogen) atoms. The first-order valence-electron chi connectivity index (χ1n) is 9.88. The molecule has 0 aromatic heterocycles. The second-order valence-corrected chi connectivity index (χ2v) is 10.2. The van der Waals surface area contributed by atoms with Crippen LogP contribution in [0.5, 0.6) is 0 Å². The molecular formula is C21H29ClO2. The summed E-state index contributed by atoms with van der Waals surface area (Å²) in [6.07, 6.45) is 9.42. The number of fused-ring (bicyclic) bond motifs is 3. The first-order chi connectivity index (χ1) is 11.4. The number of carbonyl (C=O) groups excluding carboxylic acids is 1. The molecule has 0 amide bonds. The van der Waals surface area contributed by atoms with E-state index in [9.17, 15) is 9.90 Å². The zero-order valence-corrected chi connectivity index (χ0v) is 15.6. The average Bonchev–Trinajstić information content (AvgIpc) is 3.19. The van der Waals surface area contributed by atoms with Gasteiger partial charge in [0.1, 0.15) is 0 Å². The van der Waals surface area contributed by atoms with Crippen LogP contribution in [0.2, 0.25) is 0 Å². The molecule has 0 heterocycles. The average molecular weight is 349 g/mol. The van der Waals surface area contributed by atoms with Gasteiger partial charge in [0.25, 0.3) is 0 Å². The van der Waals surface area contributed by atoms with Gasteiger partial charge in [0.05, 0.1) is 11.5 Å². The molecule has 1 spiro atoms. The van der Waals surface area contributed by atoms with Gasteiger partial charge in [-0.15, -0.1) is 11.6 Å². The van der Waals surface area contributed by atoms with Crippen LogP contribution in [-0.2, 0) is 4.79 Å². The number of carbonyl (C=O) groups is 1. The van der Waals surface area contributed by atoms with Crippen LogP contribution in [-0.4, -0.2) is 22.4 Å². The molecule has 0 saturated heterocycles. The Hall–Kier alpha value is -0.340. The third-order valence-electron chi connectivity index (χ3n) is 9.26. The van der Waals surface area contributed by atoms with Gasteiger partial charge in [0.2, 0.25) is 0 Å². The second-order valence-electron chi connectivity index (χ2n) is 9.88. The molecule has 0 bridgehead atoms. The van der Waals surface area contributed by atoms with E-state index in [0.29, 0.717) is 40.7 Å². The number of hydrogen-bond acceptors (Lipinski definition) is 2. The standard InChI is InChI=1S/C21H29ClO2/c1-12-7-13-8-15(23)3-4-16(13)17-5-6-19(2)20(24,11-22)9-14-10-21(14,19)18(12)17/h8,12,14,16-18,24H,3-7,9-11H2,1-2H3/t12-,14+,16+,17-,18-,19-,20+,21-/m1/s1. The first-order valence-corrected chi connectivity index (χ1v) is 10.4. The van der Waals surface area contributed by atoms with E-state index in [1.165, 1.54) is 18.4 Å². The van der Waals surface area contributed by atoms with Crippen LogP contribution >= 0.6 is 11.6 Å². The maximum atomic E-state index is 11.9. The summed E-state index contributed by atoms with van der Waals surface area (Å²) in [6.45, 7) is 4.75. The highest BCUT2D eigenvalue weighted by Gasteiger charge is 2.81. The van der Waals surface area contributed by atoms with Crippen molar-refractivity contribution in [1.29, 1.82) is 0 Å². The molecular weight excluding hydrogens is 320 g/mol. The van der Waals surface area contributed by atoms with Crippen molar-refractivity contribution in [3.05, 3.63) is 11.6 Å². The largest absolute Gasteiger partial charge is 0.388 e. The van der Waals surface area contributed by atoms with Crippen LogP contribution in [0, 0.1) is 40.4 Å². The van der Waals surface area contributed by atoms with Crippen molar-refractivity contribution >= 4 is 17.4 Å². The maximum Gasteiger partial charge on any atom is 0.155 e. The molecule has 5 aliphatic rings. The Labute approximate surface area is 150 Å². The predicted molar refractivity (Wildman–Crippen MR) is 94.7 cm³/mol. The molecule has 4 saturated carbocycles. The van der Waals surface area contributed by atoms with E-state index < -0.39 is 5.60 Å². The molecule has 0 aliphatic heterocycles. The lowest BCUT2D eigenvalue weighted by atomic mass is 9.46. The summed E-state index contributed by atoms with van der Waals surface area (Å²) >= 11 is 6.28. The van der Waals surface area contributed by atoms with Crippen LogP contribution in [0.1, 0.15) is 58.8 Å². The van der Waals surface area contributed by atoms with Gasteiger partial charge in [-0.05, 0) is 79.6 Å². The number of aliphatic hydroxyl groups is 1. The van der Waals surface area contributed by atoms with Gasteiger partial charge in [-0.25, -0.2) is 0 Å². The predicted octanol–water partition coefficient (Wildman–Crippen LogP) is 4.34. The Morgan fingerprint density at radius 3 is 2.88 bits per heavy atom. The topological polar surface area (TPSA) is 37.3 Å². The molecule has 5 aliphatic carbocycles. The van der Waals surface area contributed by atoms with Gasteiger partial charge in [-0.1, -0.05) is 19.4 Å².